The minimum absolute atomic E-state index is 0.0620. The molecule has 15 nitrogen and oxygen atoms in total. The lowest BCUT2D eigenvalue weighted by Gasteiger charge is -2.32. The number of amides is 5. The molecule has 0 aliphatic carbocycles. The van der Waals surface area contributed by atoms with Crippen LogP contribution in [0.5, 0.6) is 23.0 Å². The van der Waals surface area contributed by atoms with Gasteiger partial charge in [-0.3, -0.25) is 28.9 Å². The summed E-state index contributed by atoms with van der Waals surface area (Å²) in [6.07, 6.45) is 1.43. The number of ether oxygens (including phenoxy) is 3. The number of aliphatic hydroxyl groups is 1. The number of carbonyl (C=O) groups excluding carboxylic acids is 5. The summed E-state index contributed by atoms with van der Waals surface area (Å²) in [7, 11) is 2.97. The first-order chi connectivity index (χ1) is 27.8. The predicted octanol–water partition coefficient (Wildman–Crippen LogP) is 3.23. The molecular formula is C43H56N6O9. The monoisotopic (exact) mass is 800 g/mol. The minimum Gasteiger partial charge on any atom is -0.496 e. The van der Waals surface area contributed by atoms with Gasteiger partial charge in [-0.05, 0) is 94.0 Å². The Hall–Kier alpha value is -5.67. The highest BCUT2D eigenvalue weighted by molar-refractivity contribution is 5.97. The normalized spacial score (nSPS) is 19.6. The van der Waals surface area contributed by atoms with Crippen molar-refractivity contribution in [2.75, 3.05) is 51.8 Å². The van der Waals surface area contributed by atoms with Crippen LogP contribution in [0.3, 0.4) is 0 Å². The van der Waals surface area contributed by atoms with Crippen molar-refractivity contribution in [3.05, 3.63) is 76.9 Å². The van der Waals surface area contributed by atoms with Gasteiger partial charge in [0.15, 0.2) is 11.5 Å². The van der Waals surface area contributed by atoms with E-state index in [2.05, 4.69) is 27.3 Å². The second-order valence-electron chi connectivity index (χ2n) is 15.1. The molecule has 2 heterocycles. The van der Waals surface area contributed by atoms with Crippen LogP contribution in [0.1, 0.15) is 67.1 Å². The summed E-state index contributed by atoms with van der Waals surface area (Å²) in [5, 5.41) is 21.8. The molecule has 3 atom stereocenters. The predicted molar refractivity (Wildman–Crippen MR) is 218 cm³/mol. The quantitative estimate of drug-likeness (QED) is 0.248. The lowest BCUT2D eigenvalue weighted by molar-refractivity contribution is -0.135. The molecule has 0 radical (unpaired) electrons. The summed E-state index contributed by atoms with van der Waals surface area (Å²) < 4.78 is 17.5. The standard InChI is InChI=1S/C43H56N6O9/c1-26(2)39-42(54)45-23-31-33(56-5)12-9-13-34(31)58-36-22-30(15-17-35(36)57-6)41(53)44-18-7-8-19-48(24-37(51)46-40(28(4)50)43(55)47-39)25-38(52)49-20-10-11-29-21-27(3)14-16-32(29)49/h9,12-17,21-22,26,28,39-40,50H,7-8,10-11,18-20,23-25H2,1-6H3,(H,44,53)(H,45,54)(H,46,51)(H,47,55)/t28-,39-,40+/m1/s1. The maximum absolute atomic E-state index is 13.9. The molecule has 58 heavy (non-hydrogen) atoms. The molecule has 5 amide bonds. The van der Waals surface area contributed by atoms with Gasteiger partial charge in [0.25, 0.3) is 5.91 Å². The van der Waals surface area contributed by atoms with E-state index >= 15 is 0 Å². The molecule has 2 aliphatic rings. The second kappa shape index (κ2) is 20.1. The molecule has 0 unspecified atom stereocenters. The Morgan fingerprint density at radius 3 is 2.36 bits per heavy atom. The van der Waals surface area contributed by atoms with E-state index in [0.29, 0.717) is 60.9 Å². The van der Waals surface area contributed by atoms with Gasteiger partial charge in [0.1, 0.15) is 23.6 Å². The van der Waals surface area contributed by atoms with E-state index in [-0.39, 0.29) is 43.1 Å². The molecule has 0 aromatic heterocycles. The van der Waals surface area contributed by atoms with E-state index in [9.17, 15) is 29.1 Å². The largest absolute Gasteiger partial charge is 0.496 e. The lowest BCUT2D eigenvalue weighted by Crippen LogP contribution is -2.59. The average Bonchev–Trinajstić information content (AvgIpc) is 3.19. The Labute approximate surface area is 339 Å². The summed E-state index contributed by atoms with van der Waals surface area (Å²) in [4.78, 5) is 71.7. The second-order valence-corrected chi connectivity index (χ2v) is 15.1. The van der Waals surface area contributed by atoms with Crippen molar-refractivity contribution in [2.24, 2.45) is 5.92 Å². The van der Waals surface area contributed by atoms with Gasteiger partial charge in [0, 0.05) is 24.3 Å². The SMILES string of the molecule is COc1ccc2cc1Oc1cccc(OC)c1CNC(=O)[C@@H](C(C)C)NC(=O)[C@H]([C@@H](C)O)NC(=O)CN(CC(=O)N1CCCc3cc(C)ccc31)CCCCNC2=O. The van der Waals surface area contributed by atoms with E-state index in [4.69, 9.17) is 14.2 Å². The van der Waals surface area contributed by atoms with Gasteiger partial charge in [-0.2, -0.15) is 0 Å². The van der Waals surface area contributed by atoms with E-state index in [0.717, 1.165) is 29.7 Å². The minimum atomic E-state index is -1.40. The average molecular weight is 801 g/mol. The van der Waals surface area contributed by atoms with Crippen molar-refractivity contribution in [3.63, 3.8) is 0 Å². The number of nitrogens with one attached hydrogen (secondary N) is 4. The highest BCUT2D eigenvalue weighted by atomic mass is 16.5. The van der Waals surface area contributed by atoms with Crippen molar-refractivity contribution in [1.82, 2.24) is 26.2 Å². The number of methoxy groups -OCH3 is 2. The summed E-state index contributed by atoms with van der Waals surface area (Å²) in [6.45, 7) is 7.72. The van der Waals surface area contributed by atoms with Crippen LogP contribution in [-0.4, -0.2) is 105 Å². The first-order valence-corrected chi connectivity index (χ1v) is 19.8. The molecule has 0 saturated heterocycles. The van der Waals surface area contributed by atoms with Gasteiger partial charge >= 0.3 is 0 Å². The van der Waals surface area contributed by atoms with E-state index in [1.165, 1.54) is 21.1 Å². The van der Waals surface area contributed by atoms with Crippen molar-refractivity contribution in [1.29, 1.82) is 0 Å². The van der Waals surface area contributed by atoms with Crippen molar-refractivity contribution in [2.45, 2.75) is 78.1 Å². The van der Waals surface area contributed by atoms with Crippen molar-refractivity contribution >= 4 is 35.2 Å². The third-order valence-electron chi connectivity index (χ3n) is 10.3. The zero-order valence-electron chi connectivity index (χ0n) is 34.2. The van der Waals surface area contributed by atoms with Crippen LogP contribution in [0.15, 0.2) is 54.6 Å². The molecule has 0 fully saturated rings. The number of benzene rings is 3. The maximum atomic E-state index is 13.9. The Kier molecular flexibility index (Phi) is 15.1. The fraction of sp³-hybridized carbons (Fsp3) is 0.465. The number of carbonyl (C=O) groups is 5. The van der Waals surface area contributed by atoms with Crippen LogP contribution in [-0.2, 0) is 32.1 Å². The number of nitrogens with zero attached hydrogens (tertiary/aromatic N) is 2. The molecule has 5 rings (SSSR count). The third kappa shape index (κ3) is 11.0. The third-order valence-corrected chi connectivity index (χ3v) is 10.3. The van der Waals surface area contributed by atoms with Crippen molar-refractivity contribution < 1.29 is 43.3 Å². The van der Waals surface area contributed by atoms with Gasteiger partial charge < -0.3 is 45.5 Å². The molecular weight excluding hydrogens is 745 g/mol. The number of aliphatic hydroxyl groups excluding tert-OH is 1. The lowest BCUT2D eigenvalue weighted by atomic mass is 9.99. The molecule has 2 bridgehead atoms. The highest BCUT2D eigenvalue weighted by Crippen LogP contribution is 2.37. The van der Waals surface area contributed by atoms with E-state index < -0.39 is 35.9 Å². The Morgan fingerprint density at radius 2 is 1.64 bits per heavy atom. The van der Waals surface area contributed by atoms with Gasteiger partial charge in [-0.25, -0.2) is 0 Å². The van der Waals surface area contributed by atoms with Crippen LogP contribution in [0, 0.1) is 12.8 Å². The Balaban J connectivity index is 1.42. The topological polar surface area (TPSA) is 188 Å². The number of aryl methyl sites for hydroxylation is 2. The Morgan fingerprint density at radius 1 is 0.862 bits per heavy atom. The van der Waals surface area contributed by atoms with Gasteiger partial charge in [-0.15, -0.1) is 0 Å². The molecule has 312 valence electrons. The van der Waals surface area contributed by atoms with Gasteiger partial charge in [-0.1, -0.05) is 37.6 Å². The number of fused-ring (bicyclic) bond motifs is 4. The Bertz CT molecular complexity index is 1970. The molecule has 15 heteroatoms. The van der Waals surface area contributed by atoms with Crippen LogP contribution in [0.25, 0.3) is 0 Å². The van der Waals surface area contributed by atoms with Crippen LogP contribution >= 0.6 is 0 Å². The highest BCUT2D eigenvalue weighted by Gasteiger charge is 2.33. The van der Waals surface area contributed by atoms with Gasteiger partial charge in [0.05, 0.1) is 45.5 Å². The summed E-state index contributed by atoms with van der Waals surface area (Å²) in [5.74, 6) is -1.37. The fourth-order valence-corrected chi connectivity index (χ4v) is 7.15. The summed E-state index contributed by atoms with van der Waals surface area (Å²) >= 11 is 0. The first kappa shape index (κ1) is 43.5. The maximum Gasteiger partial charge on any atom is 0.251 e. The van der Waals surface area contributed by atoms with E-state index in [1.54, 1.807) is 60.0 Å². The first-order valence-electron chi connectivity index (χ1n) is 19.8. The molecule has 2 aliphatic heterocycles. The fourth-order valence-electron chi connectivity index (χ4n) is 7.15. The zero-order valence-corrected chi connectivity index (χ0v) is 34.2. The number of hydrogen-bond acceptors (Lipinski definition) is 10. The number of rotatable bonds is 6. The molecule has 0 saturated carbocycles. The number of anilines is 1. The molecule has 3 aromatic rings. The van der Waals surface area contributed by atoms with E-state index in [1.807, 2.05) is 19.1 Å². The van der Waals surface area contributed by atoms with Crippen LogP contribution < -0.4 is 40.4 Å². The summed E-state index contributed by atoms with van der Waals surface area (Å²) in [5.41, 5.74) is 3.88. The molecule has 0 spiro atoms. The molecule has 3 aromatic carbocycles. The molecule has 5 N–H and O–H groups in total. The number of hydrogen-bond donors (Lipinski definition) is 5. The summed E-state index contributed by atoms with van der Waals surface area (Å²) in [6, 6.07) is 13.5. The van der Waals surface area contributed by atoms with Crippen LogP contribution in [0.4, 0.5) is 5.69 Å². The smallest absolute Gasteiger partial charge is 0.251 e. The zero-order chi connectivity index (χ0) is 41.9. The van der Waals surface area contributed by atoms with Crippen LogP contribution in [0.2, 0.25) is 0 Å². The van der Waals surface area contributed by atoms with Gasteiger partial charge in [0.2, 0.25) is 23.6 Å². The van der Waals surface area contributed by atoms with Crippen molar-refractivity contribution in [3.8, 4) is 23.0 Å².